The highest BCUT2D eigenvalue weighted by molar-refractivity contribution is 5.70. The van der Waals surface area contributed by atoms with Gasteiger partial charge in [-0.05, 0) is 34.1 Å². The van der Waals surface area contributed by atoms with E-state index in [9.17, 15) is 9.59 Å². The van der Waals surface area contributed by atoms with Crippen LogP contribution in [0.4, 0.5) is 4.79 Å². The van der Waals surface area contributed by atoms with Crippen molar-refractivity contribution in [2.24, 2.45) is 5.92 Å². The average molecular weight is 231 g/mol. The monoisotopic (exact) mass is 231 g/mol. The molecule has 0 saturated heterocycles. The summed E-state index contributed by atoms with van der Waals surface area (Å²) < 4.78 is 5.05. The fourth-order valence-electron chi connectivity index (χ4n) is 1.20. The van der Waals surface area contributed by atoms with Crippen molar-refractivity contribution < 1.29 is 19.4 Å². The third kappa shape index (κ3) is 7.09. The van der Waals surface area contributed by atoms with E-state index < -0.39 is 23.6 Å². The Morgan fingerprint density at radius 3 is 2.19 bits per heavy atom. The van der Waals surface area contributed by atoms with Crippen molar-refractivity contribution in [1.29, 1.82) is 0 Å². The number of hydrogen-bond donors (Lipinski definition) is 2. The van der Waals surface area contributed by atoms with Gasteiger partial charge in [-0.3, -0.25) is 4.79 Å². The number of carboxylic acid groups (broad SMARTS) is 1. The molecule has 5 heteroatoms. The molecule has 0 rings (SSSR count). The van der Waals surface area contributed by atoms with E-state index in [1.807, 2.05) is 0 Å². The smallest absolute Gasteiger partial charge is 0.407 e. The second-order valence-corrected chi connectivity index (χ2v) is 5.02. The van der Waals surface area contributed by atoms with Gasteiger partial charge in [0, 0.05) is 6.04 Å². The highest BCUT2D eigenvalue weighted by atomic mass is 16.6. The van der Waals surface area contributed by atoms with E-state index in [1.165, 1.54) is 0 Å². The van der Waals surface area contributed by atoms with Gasteiger partial charge >= 0.3 is 12.1 Å². The molecule has 94 valence electrons. The van der Waals surface area contributed by atoms with Crippen LogP contribution in [0, 0.1) is 5.92 Å². The summed E-state index contributed by atoms with van der Waals surface area (Å²) in [5, 5.41) is 11.3. The summed E-state index contributed by atoms with van der Waals surface area (Å²) in [4.78, 5) is 21.9. The van der Waals surface area contributed by atoms with Gasteiger partial charge < -0.3 is 15.2 Å². The van der Waals surface area contributed by atoms with Gasteiger partial charge in [-0.2, -0.15) is 0 Å². The summed E-state index contributed by atoms with van der Waals surface area (Å²) in [5.41, 5.74) is -0.539. The Hall–Kier alpha value is -1.26. The van der Waals surface area contributed by atoms with Gasteiger partial charge in [0.1, 0.15) is 5.60 Å². The van der Waals surface area contributed by atoms with Gasteiger partial charge in [0.15, 0.2) is 0 Å². The molecule has 0 saturated carbocycles. The summed E-state index contributed by atoms with van der Waals surface area (Å²) in [6.45, 7) is 8.68. The van der Waals surface area contributed by atoms with Crippen molar-refractivity contribution in [2.45, 2.75) is 52.7 Å². The van der Waals surface area contributed by atoms with E-state index in [-0.39, 0.29) is 6.04 Å². The highest BCUT2D eigenvalue weighted by Crippen LogP contribution is 2.09. The first-order chi connectivity index (χ1) is 7.11. The maximum atomic E-state index is 11.3. The minimum atomic E-state index is -0.863. The van der Waals surface area contributed by atoms with Gasteiger partial charge in [-0.25, -0.2) is 4.79 Å². The van der Waals surface area contributed by atoms with Crippen molar-refractivity contribution in [2.75, 3.05) is 0 Å². The largest absolute Gasteiger partial charge is 0.481 e. The Morgan fingerprint density at radius 1 is 1.31 bits per heavy atom. The van der Waals surface area contributed by atoms with Crippen molar-refractivity contribution in [3.05, 3.63) is 0 Å². The lowest BCUT2D eigenvalue weighted by molar-refractivity contribution is -0.141. The van der Waals surface area contributed by atoms with Crippen molar-refractivity contribution in [3.8, 4) is 0 Å². The Balaban J connectivity index is 4.01. The summed E-state index contributed by atoms with van der Waals surface area (Å²) in [6.07, 6.45) is -0.133. The second kappa shape index (κ2) is 5.72. The SMILES string of the molecule is CC(CC(C)C(=O)O)NC(=O)OC(C)(C)C. The molecule has 0 spiro atoms. The molecule has 1 amide bonds. The second-order valence-electron chi connectivity index (χ2n) is 5.02. The van der Waals surface area contributed by atoms with Gasteiger partial charge in [-0.15, -0.1) is 0 Å². The van der Waals surface area contributed by atoms with Crippen LogP contribution in [-0.2, 0) is 9.53 Å². The molecular weight excluding hydrogens is 210 g/mol. The normalized spacial score (nSPS) is 15.1. The topological polar surface area (TPSA) is 75.6 Å². The number of ether oxygens (including phenoxy) is 1. The molecule has 2 unspecified atom stereocenters. The first-order valence-corrected chi connectivity index (χ1v) is 5.34. The fraction of sp³-hybridized carbons (Fsp3) is 0.818. The van der Waals surface area contributed by atoms with Crippen LogP contribution in [0.2, 0.25) is 0 Å². The zero-order valence-corrected chi connectivity index (χ0v) is 10.5. The van der Waals surface area contributed by atoms with Crippen LogP contribution in [-0.4, -0.2) is 28.8 Å². The summed E-state index contributed by atoms with van der Waals surface area (Å²) in [7, 11) is 0. The van der Waals surface area contributed by atoms with Crippen LogP contribution in [0.3, 0.4) is 0 Å². The number of aliphatic carboxylic acids is 1. The van der Waals surface area contributed by atoms with Crippen LogP contribution >= 0.6 is 0 Å². The quantitative estimate of drug-likeness (QED) is 0.776. The molecule has 2 atom stereocenters. The Labute approximate surface area is 96.2 Å². The fourth-order valence-corrected chi connectivity index (χ4v) is 1.20. The maximum Gasteiger partial charge on any atom is 0.407 e. The highest BCUT2D eigenvalue weighted by Gasteiger charge is 2.20. The van der Waals surface area contributed by atoms with E-state index in [0.29, 0.717) is 6.42 Å². The number of amides is 1. The predicted molar refractivity (Wildman–Crippen MR) is 60.2 cm³/mol. The molecule has 0 aromatic heterocycles. The standard InChI is InChI=1S/C11H21NO4/c1-7(9(13)14)6-8(2)12-10(15)16-11(3,4)5/h7-8H,6H2,1-5H3,(H,12,15)(H,13,14). The maximum absolute atomic E-state index is 11.3. The van der Waals surface area contributed by atoms with Crippen molar-refractivity contribution in [3.63, 3.8) is 0 Å². The molecule has 0 heterocycles. The molecule has 2 N–H and O–H groups in total. The number of hydrogen-bond acceptors (Lipinski definition) is 3. The zero-order valence-electron chi connectivity index (χ0n) is 10.5. The molecular formula is C11H21NO4. The van der Waals surface area contributed by atoms with Crippen LogP contribution < -0.4 is 5.32 Å². The number of nitrogens with one attached hydrogen (secondary N) is 1. The predicted octanol–water partition coefficient (Wildman–Crippen LogP) is 2.01. The van der Waals surface area contributed by atoms with E-state index >= 15 is 0 Å². The third-order valence-corrected chi connectivity index (χ3v) is 1.89. The molecule has 0 radical (unpaired) electrons. The lowest BCUT2D eigenvalue weighted by Crippen LogP contribution is -2.38. The summed E-state index contributed by atoms with van der Waals surface area (Å²) in [5.74, 6) is -1.34. The molecule has 0 aliphatic heterocycles. The zero-order chi connectivity index (χ0) is 12.9. The summed E-state index contributed by atoms with van der Waals surface area (Å²) >= 11 is 0. The Kier molecular flexibility index (Phi) is 5.27. The minimum Gasteiger partial charge on any atom is -0.481 e. The van der Waals surface area contributed by atoms with E-state index in [2.05, 4.69) is 5.32 Å². The third-order valence-electron chi connectivity index (χ3n) is 1.89. The molecule has 0 aliphatic carbocycles. The minimum absolute atomic E-state index is 0.221. The van der Waals surface area contributed by atoms with Gasteiger partial charge in [0.2, 0.25) is 0 Å². The number of carbonyl (C=O) groups is 2. The van der Waals surface area contributed by atoms with E-state index in [1.54, 1.807) is 34.6 Å². The van der Waals surface area contributed by atoms with E-state index in [4.69, 9.17) is 9.84 Å². The van der Waals surface area contributed by atoms with E-state index in [0.717, 1.165) is 0 Å². The molecule has 16 heavy (non-hydrogen) atoms. The van der Waals surface area contributed by atoms with Crippen LogP contribution in [0.15, 0.2) is 0 Å². The first kappa shape index (κ1) is 14.7. The number of carboxylic acids is 1. The average Bonchev–Trinajstić information content (AvgIpc) is 1.98. The number of carbonyl (C=O) groups excluding carboxylic acids is 1. The number of rotatable bonds is 4. The molecule has 5 nitrogen and oxygen atoms in total. The van der Waals surface area contributed by atoms with Crippen molar-refractivity contribution >= 4 is 12.1 Å². The summed E-state index contributed by atoms with van der Waals surface area (Å²) in [6, 6.07) is -0.221. The molecule has 0 aliphatic rings. The van der Waals surface area contributed by atoms with Crippen molar-refractivity contribution in [1.82, 2.24) is 5.32 Å². The lowest BCUT2D eigenvalue weighted by Gasteiger charge is -2.22. The van der Waals surface area contributed by atoms with Crippen LogP contribution in [0.25, 0.3) is 0 Å². The lowest BCUT2D eigenvalue weighted by atomic mass is 10.0. The Morgan fingerprint density at radius 2 is 1.81 bits per heavy atom. The molecule has 0 aromatic carbocycles. The molecule has 0 fully saturated rings. The van der Waals surface area contributed by atoms with Crippen LogP contribution in [0.5, 0.6) is 0 Å². The van der Waals surface area contributed by atoms with Gasteiger partial charge in [0.25, 0.3) is 0 Å². The molecule has 0 bridgehead atoms. The van der Waals surface area contributed by atoms with Crippen LogP contribution in [0.1, 0.15) is 41.0 Å². The molecule has 0 aromatic rings. The van der Waals surface area contributed by atoms with Gasteiger partial charge in [0.05, 0.1) is 5.92 Å². The Bertz CT molecular complexity index is 257. The number of alkyl carbamates (subject to hydrolysis) is 1. The van der Waals surface area contributed by atoms with Gasteiger partial charge in [-0.1, -0.05) is 6.92 Å². The first-order valence-electron chi connectivity index (χ1n) is 5.34.